The molecule has 7 heteroatoms. The molecule has 1 aromatic rings. The summed E-state index contributed by atoms with van der Waals surface area (Å²) in [5.74, 6) is -0.440. The molecule has 0 spiro atoms. The molecule has 0 aliphatic carbocycles. The second-order valence-electron chi connectivity index (χ2n) is 7.60. The van der Waals surface area contributed by atoms with Gasteiger partial charge in [-0.15, -0.1) is 0 Å². The highest BCUT2D eigenvalue weighted by molar-refractivity contribution is 5.78. The quantitative estimate of drug-likeness (QED) is 0.568. The lowest BCUT2D eigenvalue weighted by Gasteiger charge is -2.34. The van der Waals surface area contributed by atoms with Crippen LogP contribution in [0.1, 0.15) is 45.4 Å². The minimum absolute atomic E-state index is 0.212. The molecule has 0 amide bonds. The van der Waals surface area contributed by atoms with Crippen LogP contribution < -0.4 is 21.1 Å². The summed E-state index contributed by atoms with van der Waals surface area (Å²) in [6.07, 6.45) is 6.63. The predicted molar refractivity (Wildman–Crippen MR) is 106 cm³/mol. The normalized spacial score (nSPS) is 21.8. The van der Waals surface area contributed by atoms with Crippen molar-refractivity contribution in [3.63, 3.8) is 0 Å². The van der Waals surface area contributed by atoms with Crippen molar-refractivity contribution in [2.75, 3.05) is 56.1 Å². The summed E-state index contributed by atoms with van der Waals surface area (Å²) in [4.78, 5) is 40.6. The number of nitrogens with zero attached hydrogens (tertiary/aromatic N) is 2. The van der Waals surface area contributed by atoms with Gasteiger partial charge in [-0.05, 0) is 45.7 Å². The molecule has 7 nitrogen and oxygen atoms in total. The number of ether oxygens (including phenoxy) is 1. The van der Waals surface area contributed by atoms with Gasteiger partial charge < -0.3 is 19.9 Å². The second kappa shape index (κ2) is 9.35. The fourth-order valence-corrected chi connectivity index (χ4v) is 4.18. The van der Waals surface area contributed by atoms with Crippen molar-refractivity contribution in [2.45, 2.75) is 45.4 Å². The van der Waals surface area contributed by atoms with Crippen molar-refractivity contribution in [1.29, 1.82) is 0 Å². The number of esters is 1. The molecule has 0 saturated carbocycles. The Bertz CT molecular complexity index is 702. The molecule has 2 heterocycles. The maximum absolute atomic E-state index is 12.2. The zero-order valence-corrected chi connectivity index (χ0v) is 16.3. The van der Waals surface area contributed by atoms with Crippen LogP contribution in [-0.4, -0.2) is 56.7 Å². The first-order valence-electron chi connectivity index (χ1n) is 10.3. The summed E-state index contributed by atoms with van der Waals surface area (Å²) < 4.78 is 5.12. The molecule has 1 atom stereocenters. The van der Waals surface area contributed by atoms with E-state index < -0.39 is 10.9 Å². The first kappa shape index (κ1) is 19.9. The van der Waals surface area contributed by atoms with Crippen LogP contribution in [0.5, 0.6) is 0 Å². The van der Waals surface area contributed by atoms with Crippen molar-refractivity contribution in [3.8, 4) is 0 Å². The Hall–Kier alpha value is -1.89. The van der Waals surface area contributed by atoms with Crippen LogP contribution in [0, 0.1) is 5.92 Å². The molecule has 150 valence electrons. The fraction of sp³-hybridized carbons (Fsp3) is 0.750. The zero-order chi connectivity index (χ0) is 19.2. The van der Waals surface area contributed by atoms with Gasteiger partial charge in [-0.2, -0.15) is 0 Å². The Morgan fingerprint density at radius 2 is 1.81 bits per heavy atom. The SMILES string of the molecule is CCOC(=O)[C@@H]1CCCN(c2c(NCCN3CCCCCC3)c(=O)c2=O)C1. The summed E-state index contributed by atoms with van der Waals surface area (Å²) in [7, 11) is 0. The minimum atomic E-state index is -0.434. The van der Waals surface area contributed by atoms with Crippen LogP contribution in [0.3, 0.4) is 0 Å². The van der Waals surface area contributed by atoms with Crippen molar-refractivity contribution < 1.29 is 9.53 Å². The van der Waals surface area contributed by atoms with Gasteiger partial charge in [0.15, 0.2) is 0 Å². The number of hydrogen-bond donors (Lipinski definition) is 1. The van der Waals surface area contributed by atoms with Crippen LogP contribution in [0.4, 0.5) is 11.4 Å². The maximum atomic E-state index is 12.2. The third-order valence-corrected chi connectivity index (χ3v) is 5.67. The second-order valence-corrected chi connectivity index (χ2v) is 7.60. The average molecular weight is 377 g/mol. The molecule has 1 aromatic carbocycles. The highest BCUT2D eigenvalue weighted by Gasteiger charge is 2.32. The Morgan fingerprint density at radius 1 is 1.07 bits per heavy atom. The monoisotopic (exact) mass is 377 g/mol. The number of rotatable bonds is 7. The molecule has 27 heavy (non-hydrogen) atoms. The van der Waals surface area contributed by atoms with Crippen molar-refractivity contribution in [2.24, 2.45) is 5.92 Å². The lowest BCUT2D eigenvalue weighted by Crippen LogP contribution is -2.48. The zero-order valence-electron chi connectivity index (χ0n) is 16.3. The van der Waals surface area contributed by atoms with Crippen LogP contribution in [0.15, 0.2) is 9.59 Å². The standard InChI is InChI=1S/C20H31N3O4/c1-2-27-20(26)15-8-7-12-23(14-15)17-16(18(24)19(17)25)21-9-13-22-10-5-3-4-6-11-22/h15,21H,2-14H2,1H3/t15-/m1/s1. The number of hydrogen-bond acceptors (Lipinski definition) is 7. The molecule has 2 fully saturated rings. The molecule has 2 aliphatic heterocycles. The third kappa shape index (κ3) is 4.69. The molecule has 2 aliphatic rings. The van der Waals surface area contributed by atoms with E-state index in [0.717, 1.165) is 32.5 Å². The third-order valence-electron chi connectivity index (χ3n) is 5.67. The van der Waals surface area contributed by atoms with Gasteiger partial charge >= 0.3 is 5.97 Å². The fourth-order valence-electron chi connectivity index (χ4n) is 4.18. The summed E-state index contributed by atoms with van der Waals surface area (Å²) >= 11 is 0. The van der Waals surface area contributed by atoms with Crippen molar-refractivity contribution in [1.82, 2.24) is 4.90 Å². The summed E-state index contributed by atoms with van der Waals surface area (Å²) in [6.45, 7) is 7.05. The molecule has 2 saturated heterocycles. The predicted octanol–water partition coefficient (Wildman–Crippen LogP) is 1.35. The molecule has 0 radical (unpaired) electrons. The number of anilines is 2. The van der Waals surface area contributed by atoms with Crippen molar-refractivity contribution >= 4 is 17.3 Å². The average Bonchev–Trinajstić information content (AvgIpc) is 2.96. The van der Waals surface area contributed by atoms with E-state index in [1.54, 1.807) is 6.92 Å². The van der Waals surface area contributed by atoms with Gasteiger partial charge in [0.1, 0.15) is 11.4 Å². The number of nitrogens with one attached hydrogen (secondary N) is 1. The maximum Gasteiger partial charge on any atom is 0.310 e. The highest BCUT2D eigenvalue weighted by atomic mass is 16.5. The van der Waals surface area contributed by atoms with E-state index in [-0.39, 0.29) is 11.9 Å². The van der Waals surface area contributed by atoms with Gasteiger partial charge in [-0.25, -0.2) is 0 Å². The molecule has 1 N–H and O–H groups in total. The molecule has 0 bridgehead atoms. The largest absolute Gasteiger partial charge is 0.466 e. The summed E-state index contributed by atoms with van der Waals surface area (Å²) in [5, 5.41) is 3.19. The Kier molecular flexibility index (Phi) is 6.88. The van der Waals surface area contributed by atoms with Crippen LogP contribution in [0.25, 0.3) is 0 Å². The van der Waals surface area contributed by atoms with Gasteiger partial charge in [-0.3, -0.25) is 14.4 Å². The highest BCUT2D eigenvalue weighted by Crippen LogP contribution is 2.27. The van der Waals surface area contributed by atoms with Crippen LogP contribution in [0.2, 0.25) is 0 Å². The van der Waals surface area contributed by atoms with Gasteiger partial charge in [0.2, 0.25) is 0 Å². The Balaban J connectivity index is 1.58. The van der Waals surface area contributed by atoms with Gasteiger partial charge in [-0.1, -0.05) is 12.8 Å². The number of likely N-dealkylation sites (tertiary alicyclic amines) is 1. The summed E-state index contributed by atoms with van der Waals surface area (Å²) in [5.41, 5.74) is 0.0279. The number of piperidine rings is 1. The van der Waals surface area contributed by atoms with E-state index in [1.807, 2.05) is 4.90 Å². The van der Waals surface area contributed by atoms with Crippen LogP contribution in [-0.2, 0) is 9.53 Å². The molecule has 0 unspecified atom stereocenters. The van der Waals surface area contributed by atoms with E-state index in [0.29, 0.717) is 37.6 Å². The van der Waals surface area contributed by atoms with Crippen LogP contribution >= 0.6 is 0 Å². The first-order valence-corrected chi connectivity index (χ1v) is 10.3. The summed E-state index contributed by atoms with van der Waals surface area (Å²) in [6, 6.07) is 0. The smallest absolute Gasteiger partial charge is 0.310 e. The Labute approximate surface area is 160 Å². The number of carbonyl (C=O) groups excluding carboxylic acids is 1. The molecule has 3 rings (SSSR count). The lowest BCUT2D eigenvalue weighted by molar-refractivity contribution is -0.148. The topological polar surface area (TPSA) is 79.0 Å². The number of carbonyl (C=O) groups is 1. The van der Waals surface area contributed by atoms with Gasteiger partial charge in [0, 0.05) is 26.2 Å². The van der Waals surface area contributed by atoms with Gasteiger partial charge in [0.25, 0.3) is 10.9 Å². The van der Waals surface area contributed by atoms with E-state index in [9.17, 15) is 14.4 Å². The molecular weight excluding hydrogens is 346 g/mol. The molecular formula is C20H31N3O4. The minimum Gasteiger partial charge on any atom is -0.466 e. The first-order chi connectivity index (χ1) is 13.1. The van der Waals surface area contributed by atoms with E-state index >= 15 is 0 Å². The van der Waals surface area contributed by atoms with E-state index in [1.165, 1.54) is 25.7 Å². The van der Waals surface area contributed by atoms with E-state index in [2.05, 4.69) is 10.2 Å². The van der Waals surface area contributed by atoms with Gasteiger partial charge in [0.05, 0.1) is 12.5 Å². The lowest BCUT2D eigenvalue weighted by atomic mass is 9.96. The van der Waals surface area contributed by atoms with Crippen molar-refractivity contribution in [3.05, 3.63) is 20.4 Å². The van der Waals surface area contributed by atoms with E-state index in [4.69, 9.17) is 4.74 Å². The molecule has 0 aromatic heterocycles. The Morgan fingerprint density at radius 3 is 2.52 bits per heavy atom.